The molecule has 146 valence electrons. The third-order valence-electron chi connectivity index (χ3n) is 5.22. The van der Waals surface area contributed by atoms with Crippen molar-refractivity contribution in [2.45, 2.75) is 25.6 Å². The van der Waals surface area contributed by atoms with E-state index in [-0.39, 0.29) is 11.9 Å². The second-order valence-corrected chi connectivity index (χ2v) is 7.21. The fourth-order valence-electron chi connectivity index (χ4n) is 3.67. The minimum atomic E-state index is -0.463. The SMILES string of the molecule is CC[C@@H](OC[C@H](O)C[NH+]1CCN(c2ccc(F)cc2)CC1)c1ccccc1. The number of piperazine rings is 1. The second kappa shape index (κ2) is 9.83. The monoisotopic (exact) mass is 373 g/mol. The lowest BCUT2D eigenvalue weighted by molar-refractivity contribution is -0.903. The molecule has 1 aliphatic rings. The van der Waals surface area contributed by atoms with Crippen molar-refractivity contribution in [2.75, 3.05) is 44.2 Å². The number of nitrogens with zero attached hydrogens (tertiary/aromatic N) is 1. The molecule has 2 aromatic rings. The molecule has 2 atom stereocenters. The van der Waals surface area contributed by atoms with E-state index in [1.807, 2.05) is 30.3 Å². The standard InChI is InChI=1S/C22H29FN2O2/c1-2-22(18-6-4-3-5-7-18)27-17-21(26)16-24-12-14-25(15-13-24)20-10-8-19(23)9-11-20/h3-11,21-22,26H,2,12-17H2,1H3/p+1/t21-,22-/m1/s1. The summed E-state index contributed by atoms with van der Waals surface area (Å²) < 4.78 is 19.0. The first-order valence-corrected chi connectivity index (χ1v) is 9.84. The molecule has 2 N–H and O–H groups in total. The van der Waals surface area contributed by atoms with E-state index in [0.717, 1.165) is 43.9 Å². The highest BCUT2D eigenvalue weighted by molar-refractivity contribution is 5.46. The number of aliphatic hydroxyl groups is 1. The van der Waals surface area contributed by atoms with Crippen LogP contribution in [0.25, 0.3) is 0 Å². The molecule has 0 saturated carbocycles. The van der Waals surface area contributed by atoms with E-state index in [2.05, 4.69) is 24.0 Å². The normalized spacial score (nSPS) is 17.7. The maximum Gasteiger partial charge on any atom is 0.126 e. The zero-order valence-corrected chi connectivity index (χ0v) is 16.0. The number of anilines is 1. The number of ether oxygens (including phenoxy) is 1. The summed E-state index contributed by atoms with van der Waals surface area (Å²) in [5.74, 6) is -0.202. The van der Waals surface area contributed by atoms with E-state index < -0.39 is 6.10 Å². The Kier molecular flexibility index (Phi) is 7.21. The average Bonchev–Trinajstić information content (AvgIpc) is 2.70. The van der Waals surface area contributed by atoms with Gasteiger partial charge in [0, 0.05) is 5.69 Å². The molecule has 0 amide bonds. The summed E-state index contributed by atoms with van der Waals surface area (Å²) in [6, 6.07) is 16.8. The van der Waals surface area contributed by atoms with Crippen LogP contribution in [0, 0.1) is 5.82 Å². The van der Waals surface area contributed by atoms with Crippen LogP contribution in [0.3, 0.4) is 0 Å². The van der Waals surface area contributed by atoms with Crippen LogP contribution in [0.1, 0.15) is 25.0 Å². The lowest BCUT2D eigenvalue weighted by Crippen LogP contribution is -3.16. The van der Waals surface area contributed by atoms with Gasteiger partial charge in [0.1, 0.15) is 18.5 Å². The molecule has 1 heterocycles. The van der Waals surface area contributed by atoms with Crippen LogP contribution in [-0.4, -0.2) is 50.5 Å². The van der Waals surface area contributed by atoms with Gasteiger partial charge in [0.25, 0.3) is 0 Å². The number of quaternary nitrogens is 1. The summed E-state index contributed by atoms with van der Waals surface area (Å²) in [6.45, 7) is 6.91. The molecule has 0 aromatic heterocycles. The number of nitrogens with one attached hydrogen (secondary N) is 1. The topological polar surface area (TPSA) is 37.1 Å². The number of hydrogen-bond acceptors (Lipinski definition) is 3. The summed E-state index contributed by atoms with van der Waals surface area (Å²) in [6.07, 6.45) is 0.459. The summed E-state index contributed by atoms with van der Waals surface area (Å²) in [5, 5.41) is 10.4. The molecule has 4 nitrogen and oxygen atoms in total. The van der Waals surface area contributed by atoms with E-state index in [1.54, 1.807) is 0 Å². The molecule has 3 rings (SSSR count). The van der Waals surface area contributed by atoms with Gasteiger partial charge in [-0.25, -0.2) is 4.39 Å². The summed E-state index contributed by atoms with van der Waals surface area (Å²) in [5.41, 5.74) is 2.22. The summed E-state index contributed by atoms with van der Waals surface area (Å²) in [4.78, 5) is 3.66. The Morgan fingerprint density at radius 3 is 2.37 bits per heavy atom. The van der Waals surface area contributed by atoms with Gasteiger partial charge in [-0.05, 0) is 36.2 Å². The van der Waals surface area contributed by atoms with E-state index in [1.165, 1.54) is 17.0 Å². The van der Waals surface area contributed by atoms with Gasteiger partial charge in [-0.15, -0.1) is 0 Å². The Morgan fingerprint density at radius 1 is 1.07 bits per heavy atom. The van der Waals surface area contributed by atoms with Crippen molar-refractivity contribution >= 4 is 5.69 Å². The molecular weight excluding hydrogens is 343 g/mol. The van der Waals surface area contributed by atoms with Gasteiger partial charge in [0.2, 0.25) is 0 Å². The van der Waals surface area contributed by atoms with E-state index in [4.69, 9.17) is 4.74 Å². The molecule has 2 aromatic carbocycles. The first-order chi connectivity index (χ1) is 13.2. The predicted molar refractivity (Wildman–Crippen MR) is 106 cm³/mol. The quantitative estimate of drug-likeness (QED) is 0.744. The molecule has 0 spiro atoms. The predicted octanol–water partition coefficient (Wildman–Crippen LogP) is 2.06. The smallest absolute Gasteiger partial charge is 0.126 e. The molecule has 1 fully saturated rings. The van der Waals surface area contributed by atoms with Gasteiger partial charge in [-0.2, -0.15) is 0 Å². The van der Waals surface area contributed by atoms with Crippen molar-refractivity contribution in [2.24, 2.45) is 0 Å². The number of benzene rings is 2. The zero-order valence-electron chi connectivity index (χ0n) is 16.0. The van der Waals surface area contributed by atoms with Crippen LogP contribution in [0.2, 0.25) is 0 Å². The van der Waals surface area contributed by atoms with Crippen LogP contribution in [0.4, 0.5) is 10.1 Å². The highest BCUT2D eigenvalue weighted by Crippen LogP contribution is 2.20. The Morgan fingerprint density at radius 2 is 1.74 bits per heavy atom. The van der Waals surface area contributed by atoms with Crippen LogP contribution < -0.4 is 9.80 Å². The third-order valence-corrected chi connectivity index (χ3v) is 5.22. The van der Waals surface area contributed by atoms with Gasteiger partial charge in [-0.3, -0.25) is 0 Å². The maximum atomic E-state index is 13.1. The van der Waals surface area contributed by atoms with Crippen molar-refractivity contribution < 1.29 is 19.1 Å². The van der Waals surface area contributed by atoms with Crippen LogP contribution in [-0.2, 0) is 4.74 Å². The van der Waals surface area contributed by atoms with E-state index >= 15 is 0 Å². The van der Waals surface area contributed by atoms with Crippen LogP contribution in [0.15, 0.2) is 54.6 Å². The first-order valence-electron chi connectivity index (χ1n) is 9.84. The lowest BCUT2D eigenvalue weighted by atomic mass is 10.1. The molecule has 0 radical (unpaired) electrons. The molecular formula is C22H30FN2O2+. The van der Waals surface area contributed by atoms with Gasteiger partial charge < -0.3 is 19.6 Å². The average molecular weight is 373 g/mol. The maximum absolute atomic E-state index is 13.1. The highest BCUT2D eigenvalue weighted by Gasteiger charge is 2.23. The molecule has 0 unspecified atom stereocenters. The molecule has 1 saturated heterocycles. The molecule has 0 aliphatic carbocycles. The lowest BCUT2D eigenvalue weighted by Gasteiger charge is -2.34. The molecule has 1 aliphatic heterocycles. The number of hydrogen-bond donors (Lipinski definition) is 2. The van der Waals surface area contributed by atoms with Gasteiger partial charge in [0.05, 0.1) is 38.9 Å². The van der Waals surface area contributed by atoms with Crippen molar-refractivity contribution in [1.82, 2.24) is 0 Å². The number of aliphatic hydroxyl groups excluding tert-OH is 1. The van der Waals surface area contributed by atoms with Gasteiger partial charge in [-0.1, -0.05) is 37.3 Å². The molecule has 27 heavy (non-hydrogen) atoms. The van der Waals surface area contributed by atoms with Crippen molar-refractivity contribution in [3.63, 3.8) is 0 Å². The molecule has 0 bridgehead atoms. The number of halogens is 1. The number of rotatable bonds is 8. The summed E-state index contributed by atoms with van der Waals surface area (Å²) >= 11 is 0. The zero-order chi connectivity index (χ0) is 19.1. The van der Waals surface area contributed by atoms with Crippen molar-refractivity contribution in [1.29, 1.82) is 0 Å². The van der Waals surface area contributed by atoms with Gasteiger partial charge >= 0.3 is 0 Å². The van der Waals surface area contributed by atoms with E-state index in [0.29, 0.717) is 13.2 Å². The fourth-order valence-corrected chi connectivity index (χ4v) is 3.67. The molecule has 5 heteroatoms. The van der Waals surface area contributed by atoms with Crippen LogP contribution >= 0.6 is 0 Å². The van der Waals surface area contributed by atoms with Crippen molar-refractivity contribution in [3.05, 3.63) is 66.0 Å². The Hall–Kier alpha value is -1.95. The first kappa shape index (κ1) is 19.8. The largest absolute Gasteiger partial charge is 0.385 e. The van der Waals surface area contributed by atoms with Gasteiger partial charge in [0.15, 0.2) is 0 Å². The highest BCUT2D eigenvalue weighted by atomic mass is 19.1. The van der Waals surface area contributed by atoms with Crippen molar-refractivity contribution in [3.8, 4) is 0 Å². The minimum Gasteiger partial charge on any atom is -0.385 e. The minimum absolute atomic E-state index is 0.0335. The third kappa shape index (κ3) is 5.76. The summed E-state index contributed by atoms with van der Waals surface area (Å²) in [7, 11) is 0. The fraction of sp³-hybridized carbons (Fsp3) is 0.455. The Bertz CT molecular complexity index is 672. The Balaban J connectivity index is 1.41. The second-order valence-electron chi connectivity index (χ2n) is 7.21. The van der Waals surface area contributed by atoms with E-state index in [9.17, 15) is 9.50 Å². The van der Waals surface area contributed by atoms with Crippen LogP contribution in [0.5, 0.6) is 0 Å². The Labute approximate surface area is 161 Å².